The van der Waals surface area contributed by atoms with Crippen LogP contribution in [0.5, 0.6) is 0 Å². The van der Waals surface area contributed by atoms with Crippen LogP contribution in [0.2, 0.25) is 0 Å². The normalized spacial score (nSPS) is 12.0. The monoisotopic (exact) mass is 453 g/mol. The molecule has 0 bridgehead atoms. The Labute approximate surface area is 188 Å². The van der Waals surface area contributed by atoms with Gasteiger partial charge < -0.3 is 15.5 Å². The number of nitrogens with one attached hydrogen (secondary N) is 2. The number of para-hydroxylation sites is 2. The minimum atomic E-state index is -0.848. The summed E-state index contributed by atoms with van der Waals surface area (Å²) < 4.78 is 26.5. The van der Waals surface area contributed by atoms with Gasteiger partial charge in [0.2, 0.25) is 5.91 Å². The number of amides is 2. The molecule has 0 saturated carbocycles. The quantitative estimate of drug-likeness (QED) is 0.517. The van der Waals surface area contributed by atoms with Crippen LogP contribution in [-0.4, -0.2) is 31.4 Å². The van der Waals surface area contributed by atoms with Gasteiger partial charge in [0.25, 0.3) is 5.91 Å². The van der Waals surface area contributed by atoms with Crippen molar-refractivity contribution in [3.63, 3.8) is 0 Å². The van der Waals surface area contributed by atoms with E-state index in [4.69, 9.17) is 0 Å². The van der Waals surface area contributed by atoms with E-state index >= 15 is 0 Å². The predicted molar refractivity (Wildman–Crippen MR) is 120 cm³/mol. The number of carbonyl (C=O) groups excluding carboxylic acids is 2. The van der Waals surface area contributed by atoms with Crippen LogP contribution in [0.1, 0.15) is 16.8 Å². The van der Waals surface area contributed by atoms with Crippen LogP contribution in [0.25, 0.3) is 0 Å². The van der Waals surface area contributed by atoms with Gasteiger partial charge in [-0.05, 0) is 42.8 Å². The van der Waals surface area contributed by atoms with Crippen molar-refractivity contribution in [2.24, 2.45) is 0 Å². The van der Waals surface area contributed by atoms with Gasteiger partial charge in [0, 0.05) is 34.5 Å². The maximum absolute atomic E-state index is 13.2. The fourth-order valence-electron chi connectivity index (χ4n) is 3.50. The van der Waals surface area contributed by atoms with E-state index in [1.54, 1.807) is 11.8 Å². The third-order valence-corrected chi connectivity index (χ3v) is 6.08. The molecule has 5 nitrogen and oxygen atoms in total. The van der Waals surface area contributed by atoms with Crippen molar-refractivity contribution in [2.75, 3.05) is 24.5 Å². The maximum Gasteiger partial charge on any atom is 0.251 e. The second-order valence-electron chi connectivity index (χ2n) is 7.23. The van der Waals surface area contributed by atoms with Gasteiger partial charge in [0.15, 0.2) is 0 Å². The second-order valence-corrected chi connectivity index (χ2v) is 8.32. The zero-order chi connectivity index (χ0) is 22.5. The lowest BCUT2D eigenvalue weighted by molar-refractivity contribution is -0.120. The smallest absolute Gasteiger partial charge is 0.251 e. The van der Waals surface area contributed by atoms with Crippen molar-refractivity contribution in [3.05, 3.63) is 83.9 Å². The lowest BCUT2D eigenvalue weighted by atomic mass is 10.2. The molecule has 4 rings (SSSR count). The highest BCUT2D eigenvalue weighted by atomic mass is 32.2. The van der Waals surface area contributed by atoms with Gasteiger partial charge in [-0.15, -0.1) is 0 Å². The van der Waals surface area contributed by atoms with E-state index in [-0.39, 0.29) is 18.0 Å². The van der Waals surface area contributed by atoms with Crippen LogP contribution >= 0.6 is 11.8 Å². The highest BCUT2D eigenvalue weighted by Gasteiger charge is 2.22. The Hall–Kier alpha value is -3.39. The zero-order valence-electron chi connectivity index (χ0n) is 17.1. The number of fused-ring (bicyclic) bond motifs is 2. The van der Waals surface area contributed by atoms with Crippen molar-refractivity contribution in [1.82, 2.24) is 10.6 Å². The molecule has 1 aliphatic rings. The number of benzene rings is 3. The molecule has 3 aromatic rings. The van der Waals surface area contributed by atoms with Crippen LogP contribution in [0.3, 0.4) is 0 Å². The van der Waals surface area contributed by atoms with Crippen molar-refractivity contribution in [1.29, 1.82) is 0 Å². The Balaban J connectivity index is 1.28. The fourth-order valence-corrected chi connectivity index (χ4v) is 4.59. The first-order chi connectivity index (χ1) is 15.5. The molecule has 3 aromatic carbocycles. The maximum atomic E-state index is 13.2. The Kier molecular flexibility index (Phi) is 6.70. The van der Waals surface area contributed by atoms with Crippen LogP contribution in [0.4, 0.5) is 20.2 Å². The predicted octanol–water partition coefficient (Wildman–Crippen LogP) is 4.50. The third-order valence-electron chi connectivity index (χ3n) is 4.95. The first-order valence-electron chi connectivity index (χ1n) is 10.2. The largest absolute Gasteiger partial charge is 0.355 e. The van der Waals surface area contributed by atoms with Gasteiger partial charge in [0.05, 0.1) is 17.9 Å². The number of rotatable bonds is 7. The molecule has 1 heterocycles. The average Bonchev–Trinajstić information content (AvgIpc) is 2.78. The van der Waals surface area contributed by atoms with Gasteiger partial charge in [-0.1, -0.05) is 36.0 Å². The summed E-state index contributed by atoms with van der Waals surface area (Å²) in [6, 6.07) is 18.9. The molecule has 0 aromatic heterocycles. The van der Waals surface area contributed by atoms with Gasteiger partial charge in [0.1, 0.15) is 11.6 Å². The summed E-state index contributed by atoms with van der Waals surface area (Å²) in [5, 5.41) is 5.14. The molecule has 0 spiro atoms. The standard InChI is InChI=1S/C24H21F2N3O2S/c25-17-12-16(13-18(26)14-17)24(31)28-15-23(30)27-10-5-11-29-19-6-1-3-8-21(19)32-22-9-4-2-7-20(22)29/h1-4,6-9,12-14H,5,10-11,15H2,(H,27,30)(H,28,31). The zero-order valence-corrected chi connectivity index (χ0v) is 17.9. The summed E-state index contributed by atoms with van der Waals surface area (Å²) >= 11 is 1.74. The average molecular weight is 454 g/mol. The van der Waals surface area contributed by atoms with Gasteiger partial charge in [-0.3, -0.25) is 9.59 Å². The highest BCUT2D eigenvalue weighted by Crippen LogP contribution is 2.47. The molecule has 164 valence electrons. The fraction of sp³-hybridized carbons (Fsp3) is 0.167. The summed E-state index contributed by atoms with van der Waals surface area (Å²) in [6.07, 6.45) is 0.697. The molecule has 0 radical (unpaired) electrons. The van der Waals surface area contributed by atoms with E-state index in [1.807, 2.05) is 24.3 Å². The van der Waals surface area contributed by atoms with Gasteiger partial charge in [-0.2, -0.15) is 0 Å². The summed E-state index contributed by atoms with van der Waals surface area (Å²) in [5.41, 5.74) is 2.10. The molecular formula is C24H21F2N3O2S. The molecule has 1 aliphatic heterocycles. The Morgan fingerprint density at radius 1 is 0.844 bits per heavy atom. The number of hydrogen-bond acceptors (Lipinski definition) is 4. The molecule has 32 heavy (non-hydrogen) atoms. The van der Waals surface area contributed by atoms with Crippen molar-refractivity contribution in [2.45, 2.75) is 16.2 Å². The molecule has 0 unspecified atom stereocenters. The minimum absolute atomic E-state index is 0.171. The molecule has 2 N–H and O–H groups in total. The SMILES string of the molecule is O=C(CNC(=O)c1cc(F)cc(F)c1)NCCCN1c2ccccc2Sc2ccccc21. The molecule has 0 fully saturated rings. The summed E-state index contributed by atoms with van der Waals surface area (Å²) in [7, 11) is 0. The lowest BCUT2D eigenvalue weighted by Gasteiger charge is -2.32. The lowest BCUT2D eigenvalue weighted by Crippen LogP contribution is -2.38. The Morgan fingerprint density at radius 2 is 1.44 bits per heavy atom. The van der Waals surface area contributed by atoms with Crippen LogP contribution in [0, 0.1) is 11.6 Å². The third kappa shape index (κ3) is 5.08. The number of carbonyl (C=O) groups is 2. The Bertz CT molecular complexity index is 1090. The molecule has 0 atom stereocenters. The molecule has 0 aliphatic carbocycles. The highest BCUT2D eigenvalue weighted by molar-refractivity contribution is 7.99. The minimum Gasteiger partial charge on any atom is -0.355 e. The van der Waals surface area contributed by atoms with E-state index < -0.39 is 17.5 Å². The van der Waals surface area contributed by atoms with E-state index in [2.05, 4.69) is 39.8 Å². The number of nitrogens with zero attached hydrogens (tertiary/aromatic N) is 1. The first kappa shape index (κ1) is 21.8. The first-order valence-corrected chi connectivity index (χ1v) is 11.0. The van der Waals surface area contributed by atoms with E-state index in [0.29, 0.717) is 25.6 Å². The van der Waals surface area contributed by atoms with Crippen LogP contribution in [0.15, 0.2) is 76.5 Å². The van der Waals surface area contributed by atoms with Crippen molar-refractivity contribution >= 4 is 35.0 Å². The van der Waals surface area contributed by atoms with E-state index in [9.17, 15) is 18.4 Å². The van der Waals surface area contributed by atoms with E-state index in [1.165, 1.54) is 9.79 Å². The summed E-state index contributed by atoms with van der Waals surface area (Å²) in [6.45, 7) is 0.865. The topological polar surface area (TPSA) is 61.4 Å². The molecule has 2 amide bonds. The molecular weight excluding hydrogens is 432 g/mol. The van der Waals surface area contributed by atoms with Crippen molar-refractivity contribution < 1.29 is 18.4 Å². The van der Waals surface area contributed by atoms with Gasteiger partial charge in [-0.25, -0.2) is 8.78 Å². The number of anilines is 2. The Morgan fingerprint density at radius 3 is 2.06 bits per heavy atom. The summed E-state index contributed by atoms with van der Waals surface area (Å²) in [5.74, 6) is -2.78. The molecule has 8 heteroatoms. The molecule has 0 saturated heterocycles. The van der Waals surface area contributed by atoms with Crippen LogP contribution in [-0.2, 0) is 4.79 Å². The van der Waals surface area contributed by atoms with Crippen LogP contribution < -0.4 is 15.5 Å². The number of hydrogen-bond donors (Lipinski definition) is 2. The van der Waals surface area contributed by atoms with E-state index in [0.717, 1.165) is 23.5 Å². The van der Waals surface area contributed by atoms with Crippen molar-refractivity contribution in [3.8, 4) is 0 Å². The summed E-state index contributed by atoms with van der Waals surface area (Å²) in [4.78, 5) is 28.7. The second kappa shape index (κ2) is 9.82. The van der Waals surface area contributed by atoms with Gasteiger partial charge >= 0.3 is 0 Å². The number of halogens is 2.